The molecular formula is C11H12BrClN2OS. The second kappa shape index (κ2) is 5.50. The van der Waals surface area contributed by atoms with Gasteiger partial charge in [-0.25, -0.2) is 0 Å². The second-order valence-electron chi connectivity index (χ2n) is 3.78. The van der Waals surface area contributed by atoms with Crippen molar-refractivity contribution in [3.8, 4) is 10.8 Å². The summed E-state index contributed by atoms with van der Waals surface area (Å²) in [6, 6.07) is 2.02. The van der Waals surface area contributed by atoms with Crippen LogP contribution in [0.2, 0.25) is 0 Å². The van der Waals surface area contributed by atoms with Crippen LogP contribution in [-0.4, -0.2) is 10.1 Å². The van der Waals surface area contributed by atoms with Crippen LogP contribution in [0.3, 0.4) is 0 Å². The van der Waals surface area contributed by atoms with Gasteiger partial charge in [0.2, 0.25) is 0 Å². The Morgan fingerprint density at radius 3 is 2.94 bits per heavy atom. The Labute approximate surface area is 117 Å². The predicted molar refractivity (Wildman–Crippen MR) is 73.6 cm³/mol. The van der Waals surface area contributed by atoms with E-state index in [0.717, 1.165) is 21.5 Å². The fourth-order valence-electron chi connectivity index (χ4n) is 1.41. The van der Waals surface area contributed by atoms with Crippen LogP contribution in [0.15, 0.2) is 14.4 Å². The van der Waals surface area contributed by atoms with E-state index in [9.17, 15) is 0 Å². The van der Waals surface area contributed by atoms with E-state index in [2.05, 4.69) is 33.0 Å². The quantitative estimate of drug-likeness (QED) is 0.742. The van der Waals surface area contributed by atoms with Gasteiger partial charge in [-0.05, 0) is 40.9 Å². The van der Waals surface area contributed by atoms with E-state index < -0.39 is 0 Å². The smallest absolute Gasteiger partial charge is 0.268 e. The van der Waals surface area contributed by atoms with E-state index >= 15 is 0 Å². The molecule has 0 radical (unpaired) electrons. The molecule has 1 atom stereocenters. The lowest BCUT2D eigenvalue weighted by Crippen LogP contribution is -1.92. The molecule has 1 unspecified atom stereocenters. The molecule has 0 aliphatic heterocycles. The fourth-order valence-corrected chi connectivity index (χ4v) is 3.17. The summed E-state index contributed by atoms with van der Waals surface area (Å²) in [6.07, 6.45) is 1.86. The van der Waals surface area contributed by atoms with Crippen LogP contribution in [0, 0.1) is 6.92 Å². The van der Waals surface area contributed by atoms with Crippen molar-refractivity contribution in [2.75, 3.05) is 0 Å². The maximum Gasteiger partial charge on any atom is 0.268 e. The first-order valence-electron chi connectivity index (χ1n) is 5.35. The zero-order valence-electron chi connectivity index (χ0n) is 9.54. The molecule has 0 aliphatic rings. The van der Waals surface area contributed by atoms with E-state index in [0.29, 0.717) is 11.7 Å². The number of hydrogen-bond donors (Lipinski definition) is 0. The lowest BCUT2D eigenvalue weighted by molar-refractivity contribution is 0.421. The van der Waals surface area contributed by atoms with Gasteiger partial charge in [-0.1, -0.05) is 18.5 Å². The summed E-state index contributed by atoms with van der Waals surface area (Å²) in [4.78, 5) is 5.30. The van der Waals surface area contributed by atoms with Crippen LogP contribution in [0.4, 0.5) is 0 Å². The minimum absolute atomic E-state index is 0.165. The molecule has 0 saturated carbocycles. The summed E-state index contributed by atoms with van der Waals surface area (Å²) in [6.45, 7) is 4.11. The Bertz CT molecular complexity index is 492. The van der Waals surface area contributed by atoms with Crippen molar-refractivity contribution in [3.63, 3.8) is 0 Å². The van der Waals surface area contributed by atoms with Crippen LogP contribution >= 0.6 is 38.9 Å². The van der Waals surface area contributed by atoms with Gasteiger partial charge in [0, 0.05) is 0 Å². The number of rotatable bonds is 4. The van der Waals surface area contributed by atoms with E-state index in [1.54, 1.807) is 11.3 Å². The molecule has 0 aliphatic carbocycles. The zero-order chi connectivity index (χ0) is 12.4. The summed E-state index contributed by atoms with van der Waals surface area (Å²) in [5, 5.41) is 3.76. The minimum Gasteiger partial charge on any atom is -0.333 e. The van der Waals surface area contributed by atoms with E-state index in [1.165, 1.54) is 5.56 Å². The monoisotopic (exact) mass is 334 g/mol. The van der Waals surface area contributed by atoms with Crippen molar-refractivity contribution in [2.24, 2.45) is 0 Å². The summed E-state index contributed by atoms with van der Waals surface area (Å²) in [5.41, 5.74) is 1.17. The molecule has 0 amide bonds. The van der Waals surface area contributed by atoms with Gasteiger partial charge in [0.05, 0.1) is 14.0 Å². The van der Waals surface area contributed by atoms with Crippen molar-refractivity contribution in [1.82, 2.24) is 10.1 Å². The molecule has 0 N–H and O–H groups in total. The molecule has 0 bridgehead atoms. The normalized spacial score (nSPS) is 12.9. The van der Waals surface area contributed by atoms with Gasteiger partial charge in [0.1, 0.15) is 0 Å². The molecule has 3 nitrogen and oxygen atoms in total. The third-order valence-electron chi connectivity index (χ3n) is 2.33. The Morgan fingerprint density at radius 1 is 1.59 bits per heavy atom. The fraction of sp³-hybridized carbons (Fsp3) is 0.455. The Kier molecular flexibility index (Phi) is 4.22. The van der Waals surface area contributed by atoms with Crippen molar-refractivity contribution in [1.29, 1.82) is 0 Å². The maximum absolute atomic E-state index is 6.15. The van der Waals surface area contributed by atoms with Gasteiger partial charge >= 0.3 is 0 Å². The van der Waals surface area contributed by atoms with Gasteiger partial charge in [0.15, 0.2) is 5.82 Å². The molecule has 0 aromatic carbocycles. The molecule has 0 fully saturated rings. The topological polar surface area (TPSA) is 38.9 Å². The Morgan fingerprint density at radius 2 is 2.35 bits per heavy atom. The second-order valence-corrected chi connectivity index (χ2v) is 6.68. The predicted octanol–water partition coefficient (Wildman–Crippen LogP) is 4.95. The highest BCUT2D eigenvalue weighted by Crippen LogP contribution is 2.34. The first-order valence-corrected chi connectivity index (χ1v) is 7.40. The molecular weight excluding hydrogens is 324 g/mol. The van der Waals surface area contributed by atoms with Gasteiger partial charge in [-0.2, -0.15) is 4.98 Å². The number of nitrogens with zero attached hydrogens (tertiary/aromatic N) is 2. The number of alkyl halides is 1. The van der Waals surface area contributed by atoms with Crippen molar-refractivity contribution < 1.29 is 4.52 Å². The van der Waals surface area contributed by atoms with Gasteiger partial charge in [-0.15, -0.1) is 22.9 Å². The lowest BCUT2D eigenvalue weighted by atomic mass is 10.2. The Balaban J connectivity index is 2.23. The highest BCUT2D eigenvalue weighted by Gasteiger charge is 2.17. The van der Waals surface area contributed by atoms with Crippen LogP contribution in [0.1, 0.15) is 36.5 Å². The molecule has 2 aromatic heterocycles. The molecule has 6 heteroatoms. The van der Waals surface area contributed by atoms with Crippen LogP contribution in [0.25, 0.3) is 10.8 Å². The molecule has 2 heterocycles. The first kappa shape index (κ1) is 13.1. The van der Waals surface area contributed by atoms with Crippen LogP contribution in [0.5, 0.6) is 0 Å². The van der Waals surface area contributed by atoms with Gasteiger partial charge < -0.3 is 4.52 Å². The van der Waals surface area contributed by atoms with Crippen LogP contribution < -0.4 is 0 Å². The molecule has 2 rings (SSSR count). The van der Waals surface area contributed by atoms with E-state index in [-0.39, 0.29) is 5.38 Å². The third-order valence-corrected chi connectivity index (χ3v) is 4.87. The molecule has 0 saturated heterocycles. The first-order chi connectivity index (χ1) is 8.11. The number of aryl methyl sites for hydroxylation is 1. The number of aromatic nitrogens is 2. The van der Waals surface area contributed by atoms with E-state index in [1.807, 2.05) is 13.0 Å². The highest BCUT2D eigenvalue weighted by molar-refractivity contribution is 9.11. The van der Waals surface area contributed by atoms with Gasteiger partial charge in [-0.3, -0.25) is 0 Å². The molecule has 2 aromatic rings. The summed E-state index contributed by atoms with van der Waals surface area (Å²) in [7, 11) is 0. The van der Waals surface area contributed by atoms with Gasteiger partial charge in [0.25, 0.3) is 5.89 Å². The third kappa shape index (κ3) is 2.89. The standard InChI is InChI=1S/C11H12BrClN2OS/c1-3-4-7(13)10-14-11(16-15-10)8-5-6(2)9(12)17-8/h5,7H,3-4H2,1-2H3. The average Bonchev–Trinajstić information content (AvgIpc) is 2.87. The minimum atomic E-state index is -0.165. The van der Waals surface area contributed by atoms with E-state index in [4.69, 9.17) is 16.1 Å². The average molecular weight is 336 g/mol. The number of halogens is 2. The number of thiophene rings is 1. The maximum atomic E-state index is 6.15. The lowest BCUT2D eigenvalue weighted by Gasteiger charge is -1.99. The van der Waals surface area contributed by atoms with Crippen LogP contribution in [-0.2, 0) is 0 Å². The molecule has 17 heavy (non-hydrogen) atoms. The SMILES string of the molecule is CCCC(Cl)c1noc(-c2cc(C)c(Br)s2)n1. The largest absolute Gasteiger partial charge is 0.333 e. The highest BCUT2D eigenvalue weighted by atomic mass is 79.9. The van der Waals surface area contributed by atoms with Crippen molar-refractivity contribution in [2.45, 2.75) is 32.1 Å². The number of hydrogen-bond acceptors (Lipinski definition) is 4. The molecule has 92 valence electrons. The summed E-state index contributed by atoms with van der Waals surface area (Å²) in [5.74, 6) is 1.12. The molecule has 0 spiro atoms. The Hall–Kier alpha value is -0.390. The van der Waals surface area contributed by atoms with Crippen molar-refractivity contribution >= 4 is 38.9 Å². The summed E-state index contributed by atoms with van der Waals surface area (Å²) >= 11 is 11.2. The summed E-state index contributed by atoms with van der Waals surface area (Å²) < 4.78 is 6.32. The zero-order valence-corrected chi connectivity index (χ0v) is 12.7. The van der Waals surface area contributed by atoms with Crippen molar-refractivity contribution in [3.05, 3.63) is 21.2 Å².